The van der Waals surface area contributed by atoms with Crippen LogP contribution in [-0.2, 0) is 0 Å². The number of aromatic nitrogens is 1. The van der Waals surface area contributed by atoms with Crippen LogP contribution in [0.2, 0.25) is 0 Å². The first kappa shape index (κ1) is 21.6. The number of fused-ring (bicyclic) bond motifs is 1. The number of halogens is 2. The Morgan fingerprint density at radius 1 is 1.24 bits per heavy atom. The lowest BCUT2D eigenvalue weighted by molar-refractivity contribution is 0.0880. The summed E-state index contributed by atoms with van der Waals surface area (Å²) in [4.78, 5) is 19.0. The van der Waals surface area contributed by atoms with Gasteiger partial charge in [0.25, 0.3) is 5.91 Å². The summed E-state index contributed by atoms with van der Waals surface area (Å²) in [6.07, 6.45) is 1.50. The molecule has 0 bridgehead atoms. The quantitative estimate of drug-likeness (QED) is 0.552. The molecular formula is C23H20F2N2O5S. The number of methoxy groups -OCH3 is 1. The smallest absolute Gasteiger partial charge is 0.276 e. The van der Waals surface area contributed by atoms with Gasteiger partial charge in [-0.2, -0.15) is 0 Å². The fourth-order valence-electron chi connectivity index (χ4n) is 3.55. The van der Waals surface area contributed by atoms with E-state index < -0.39 is 17.7 Å². The Balaban J connectivity index is 1.37. The largest absolute Gasteiger partial charge is 0.493 e. The molecule has 0 saturated heterocycles. The van der Waals surface area contributed by atoms with Gasteiger partial charge >= 0.3 is 0 Å². The van der Waals surface area contributed by atoms with Crippen molar-refractivity contribution in [3.8, 4) is 28.0 Å². The predicted octanol–water partition coefficient (Wildman–Crippen LogP) is 4.24. The molecule has 1 aliphatic carbocycles. The maximum Gasteiger partial charge on any atom is 0.276 e. The number of aliphatic hydroxyl groups is 1. The van der Waals surface area contributed by atoms with Crippen molar-refractivity contribution in [3.05, 3.63) is 52.9 Å². The molecule has 2 aromatic carbocycles. The number of carbonyl (C=O) groups is 1. The van der Waals surface area contributed by atoms with Crippen LogP contribution in [0.15, 0.2) is 36.4 Å². The third-order valence-corrected chi connectivity index (χ3v) is 6.62. The Kier molecular flexibility index (Phi) is 5.63. The number of hydrogen-bond acceptors (Lipinski definition) is 7. The Bertz CT molecular complexity index is 1210. The molecule has 2 heterocycles. The molecule has 7 nitrogen and oxygen atoms in total. The highest BCUT2D eigenvalue weighted by Gasteiger charge is 2.33. The average Bonchev–Trinajstić information content (AvgIpc) is 3.57. The lowest BCUT2D eigenvalue weighted by Gasteiger charge is -2.26. The number of amides is 1. The molecule has 3 aromatic rings. The van der Waals surface area contributed by atoms with Crippen LogP contribution >= 0.6 is 11.3 Å². The zero-order valence-corrected chi connectivity index (χ0v) is 18.4. The van der Waals surface area contributed by atoms with Gasteiger partial charge in [0.1, 0.15) is 23.2 Å². The average molecular weight is 474 g/mol. The zero-order chi connectivity index (χ0) is 23.1. The Morgan fingerprint density at radius 3 is 2.79 bits per heavy atom. The van der Waals surface area contributed by atoms with Gasteiger partial charge < -0.3 is 19.3 Å². The van der Waals surface area contributed by atoms with E-state index in [1.54, 1.807) is 18.2 Å². The summed E-state index contributed by atoms with van der Waals surface area (Å²) in [7, 11) is 1.49. The molecule has 2 aliphatic rings. The summed E-state index contributed by atoms with van der Waals surface area (Å²) in [5, 5.41) is 10.3. The van der Waals surface area contributed by atoms with E-state index in [2.05, 4.69) is 4.98 Å². The molecule has 5 rings (SSSR count). The first-order valence-corrected chi connectivity index (χ1v) is 11.2. The summed E-state index contributed by atoms with van der Waals surface area (Å²) >= 11 is 0.974. The minimum absolute atomic E-state index is 0.0926. The monoisotopic (exact) mass is 474 g/mol. The van der Waals surface area contributed by atoms with Gasteiger partial charge in [-0.25, -0.2) is 13.8 Å². The third-order valence-electron chi connectivity index (χ3n) is 5.56. The highest BCUT2D eigenvalue weighted by molar-refractivity contribution is 7.17. The minimum Gasteiger partial charge on any atom is -0.493 e. The molecule has 33 heavy (non-hydrogen) atoms. The van der Waals surface area contributed by atoms with Crippen molar-refractivity contribution in [1.82, 2.24) is 4.98 Å². The Labute approximate surface area is 192 Å². The maximum absolute atomic E-state index is 14.2. The molecule has 172 valence electrons. The highest BCUT2D eigenvalue weighted by atomic mass is 32.1. The van der Waals surface area contributed by atoms with Gasteiger partial charge in [0.05, 0.1) is 18.9 Å². The number of benzene rings is 2. The summed E-state index contributed by atoms with van der Waals surface area (Å²) in [5.41, 5.74) is 0.607. The summed E-state index contributed by atoms with van der Waals surface area (Å²) in [6, 6.07) is 8.18. The second-order valence-corrected chi connectivity index (χ2v) is 8.83. The first-order chi connectivity index (χ1) is 15.9. The second-order valence-electron chi connectivity index (χ2n) is 7.84. The van der Waals surface area contributed by atoms with Crippen molar-refractivity contribution < 1.29 is 32.9 Å². The van der Waals surface area contributed by atoms with Gasteiger partial charge in [-0.05, 0) is 43.0 Å². The number of thiazole rings is 1. The summed E-state index contributed by atoms with van der Waals surface area (Å²) in [6.45, 7) is 0.0731. The molecule has 1 fully saturated rings. The lowest BCUT2D eigenvalue weighted by atomic mass is 10.2. The number of anilines is 1. The van der Waals surface area contributed by atoms with Crippen LogP contribution in [-0.4, -0.2) is 42.5 Å². The number of rotatable bonds is 7. The molecule has 1 aliphatic heterocycles. The van der Waals surface area contributed by atoms with Gasteiger partial charge in [-0.1, -0.05) is 0 Å². The van der Waals surface area contributed by atoms with E-state index in [4.69, 9.17) is 14.2 Å². The number of aliphatic hydroxyl groups excluding tert-OH is 1. The minimum atomic E-state index is -0.766. The Hall–Kier alpha value is -3.24. The number of ether oxygens (including phenoxy) is 3. The molecule has 1 aromatic heterocycles. The topological polar surface area (TPSA) is 81.1 Å². The van der Waals surface area contributed by atoms with Crippen LogP contribution in [0, 0.1) is 17.6 Å². The lowest BCUT2D eigenvalue weighted by Crippen LogP contribution is -2.38. The molecule has 0 radical (unpaired) electrons. The molecule has 0 spiro atoms. The van der Waals surface area contributed by atoms with E-state index in [9.17, 15) is 18.7 Å². The van der Waals surface area contributed by atoms with E-state index in [0.717, 1.165) is 36.3 Å². The fraction of sp³-hybridized carbons (Fsp3) is 0.304. The van der Waals surface area contributed by atoms with E-state index in [-0.39, 0.29) is 40.6 Å². The molecule has 1 amide bonds. The van der Waals surface area contributed by atoms with Crippen LogP contribution in [0.5, 0.6) is 17.4 Å². The van der Waals surface area contributed by atoms with Crippen LogP contribution < -0.4 is 19.1 Å². The fourth-order valence-corrected chi connectivity index (χ4v) is 4.54. The Morgan fingerprint density at radius 2 is 2.06 bits per heavy atom. The molecule has 1 N–H and O–H groups in total. The molecule has 1 saturated carbocycles. The first-order valence-electron chi connectivity index (χ1n) is 10.3. The van der Waals surface area contributed by atoms with Gasteiger partial charge in [-0.15, -0.1) is 11.3 Å². The van der Waals surface area contributed by atoms with Gasteiger partial charge in [0, 0.05) is 17.7 Å². The summed E-state index contributed by atoms with van der Waals surface area (Å²) < 4.78 is 44.2. The van der Waals surface area contributed by atoms with Crippen LogP contribution in [0.4, 0.5) is 14.5 Å². The number of carbonyl (C=O) groups excluding carboxylic acids is 1. The number of hydrogen-bond donors (Lipinski definition) is 1. The second kappa shape index (κ2) is 8.60. The number of nitrogens with zero attached hydrogens (tertiary/aromatic N) is 2. The van der Waals surface area contributed by atoms with E-state index in [1.807, 2.05) is 0 Å². The summed E-state index contributed by atoms with van der Waals surface area (Å²) in [5.74, 6) is -0.549. The third kappa shape index (κ3) is 4.23. The van der Waals surface area contributed by atoms with Crippen molar-refractivity contribution in [2.24, 2.45) is 5.92 Å². The van der Waals surface area contributed by atoms with E-state index >= 15 is 0 Å². The molecular weight excluding hydrogens is 454 g/mol. The molecule has 10 heteroatoms. The molecule has 1 atom stereocenters. The van der Waals surface area contributed by atoms with Crippen molar-refractivity contribution in [3.63, 3.8) is 0 Å². The normalized spacial score (nSPS) is 16.2. The molecule has 0 unspecified atom stereocenters. The van der Waals surface area contributed by atoms with E-state index in [1.165, 1.54) is 18.1 Å². The van der Waals surface area contributed by atoms with E-state index in [0.29, 0.717) is 23.1 Å². The van der Waals surface area contributed by atoms with Gasteiger partial charge in [0.2, 0.25) is 5.88 Å². The zero-order valence-electron chi connectivity index (χ0n) is 17.6. The van der Waals surface area contributed by atoms with Crippen molar-refractivity contribution in [1.29, 1.82) is 0 Å². The highest BCUT2D eigenvalue weighted by Crippen LogP contribution is 2.40. The van der Waals surface area contributed by atoms with Gasteiger partial charge in [-0.3, -0.25) is 9.69 Å². The van der Waals surface area contributed by atoms with Gasteiger partial charge in [0.15, 0.2) is 23.1 Å². The van der Waals surface area contributed by atoms with Crippen molar-refractivity contribution >= 4 is 22.9 Å². The van der Waals surface area contributed by atoms with Crippen LogP contribution in [0.1, 0.15) is 22.5 Å². The van der Waals surface area contributed by atoms with Crippen LogP contribution in [0.3, 0.4) is 0 Å². The van der Waals surface area contributed by atoms with Crippen molar-refractivity contribution in [2.45, 2.75) is 18.9 Å². The predicted molar refractivity (Wildman–Crippen MR) is 117 cm³/mol. The standard InChI is InChI=1S/C23H20F2N2O5S/c1-30-19-9-14(5-7-18(19)31-10-17(28)12-2-3-12)27-11-32-21-20(23(27)29)33-22(26-21)15-6-4-13(24)8-16(15)25/h4-9,12,17,28H,2-3,10-11H2,1H3/t17-/m0/s1. The van der Waals surface area contributed by atoms with Crippen LogP contribution in [0.25, 0.3) is 10.6 Å². The van der Waals surface area contributed by atoms with Crippen molar-refractivity contribution in [2.75, 3.05) is 25.3 Å². The maximum atomic E-state index is 14.2. The SMILES string of the molecule is COc1cc(N2COc3nc(-c4ccc(F)cc4F)sc3C2=O)ccc1OC[C@H](O)C1CC1.